The van der Waals surface area contributed by atoms with Gasteiger partial charge in [0, 0.05) is 13.0 Å². The summed E-state index contributed by atoms with van der Waals surface area (Å²) >= 11 is 0. The second-order valence-corrected chi connectivity index (χ2v) is 14.9. The molecule has 4 fully saturated rings. The van der Waals surface area contributed by atoms with E-state index < -0.39 is 0 Å². The summed E-state index contributed by atoms with van der Waals surface area (Å²) in [5.41, 5.74) is 6.43. The second-order valence-electron chi connectivity index (χ2n) is 14.9. The molecular formula is C34H64N4O2. The van der Waals surface area contributed by atoms with Gasteiger partial charge in [-0.1, -0.05) is 20.8 Å². The van der Waals surface area contributed by atoms with Gasteiger partial charge < -0.3 is 26.8 Å². The van der Waals surface area contributed by atoms with Crippen molar-refractivity contribution in [1.29, 1.82) is 0 Å². The summed E-state index contributed by atoms with van der Waals surface area (Å²) in [7, 11) is 0. The molecule has 6 nitrogen and oxygen atoms in total. The van der Waals surface area contributed by atoms with Gasteiger partial charge in [-0.05, 0) is 169 Å². The van der Waals surface area contributed by atoms with E-state index in [4.69, 9.17) is 5.73 Å². The molecule has 0 aliphatic heterocycles. The average molecular weight is 561 g/mol. The molecule has 4 aliphatic rings. The first-order valence-electron chi connectivity index (χ1n) is 17.4. The third-order valence-corrected chi connectivity index (χ3v) is 12.6. The van der Waals surface area contributed by atoms with Crippen LogP contribution < -0.4 is 21.7 Å². The minimum absolute atomic E-state index is 0.0521. The molecule has 0 saturated heterocycles. The highest BCUT2D eigenvalue weighted by Gasteiger charge is 2.60. The number of rotatable bonds is 16. The molecule has 0 aromatic carbocycles. The predicted molar refractivity (Wildman–Crippen MR) is 166 cm³/mol. The molecule has 0 spiro atoms. The second kappa shape index (κ2) is 15.2. The van der Waals surface area contributed by atoms with E-state index in [2.05, 4.69) is 36.7 Å². The number of amides is 1. The molecular weight excluding hydrogens is 496 g/mol. The first kappa shape index (κ1) is 32.2. The number of unbranched alkanes of at least 4 members (excludes halogenated alkanes) is 1. The Labute approximate surface area is 246 Å². The van der Waals surface area contributed by atoms with E-state index in [1.54, 1.807) is 0 Å². The number of nitrogens with two attached hydrogens (primary N) is 1. The van der Waals surface area contributed by atoms with E-state index in [1.165, 1.54) is 57.8 Å². The van der Waals surface area contributed by atoms with Crippen LogP contribution >= 0.6 is 0 Å². The van der Waals surface area contributed by atoms with Crippen LogP contribution in [0.1, 0.15) is 117 Å². The highest BCUT2D eigenvalue weighted by atomic mass is 16.3. The Balaban J connectivity index is 1.12. The van der Waals surface area contributed by atoms with Crippen LogP contribution in [0.15, 0.2) is 0 Å². The number of fused-ring (bicyclic) bond motifs is 5. The van der Waals surface area contributed by atoms with Gasteiger partial charge in [-0.2, -0.15) is 0 Å². The lowest BCUT2D eigenvalue weighted by Crippen LogP contribution is -2.54. The molecule has 4 saturated carbocycles. The summed E-state index contributed by atoms with van der Waals surface area (Å²) in [5.74, 6) is 5.01. The number of hydrogen-bond acceptors (Lipinski definition) is 5. The van der Waals surface area contributed by atoms with Crippen LogP contribution in [0.2, 0.25) is 0 Å². The van der Waals surface area contributed by atoms with Gasteiger partial charge in [0.1, 0.15) is 0 Å². The van der Waals surface area contributed by atoms with Gasteiger partial charge in [0.25, 0.3) is 0 Å². The standard InChI is InChI=1S/C34H64N4O2/c1-25(8-13-32(40)38-23-7-22-37-20-5-4-19-36-21-6-18-35)29-11-12-30-28-10-9-26-24-27(39)14-16-33(26,2)31(28)15-17-34(29,30)3/h25-31,36-37,39H,4-24,35H2,1-3H3,(H,38,40)/t25-,26?,27-,28+,29-,30+,31+,33+,34-/m1/s1. The van der Waals surface area contributed by atoms with Gasteiger partial charge in [-0.15, -0.1) is 0 Å². The van der Waals surface area contributed by atoms with Gasteiger partial charge in [0.05, 0.1) is 6.10 Å². The molecule has 40 heavy (non-hydrogen) atoms. The summed E-state index contributed by atoms with van der Waals surface area (Å²) < 4.78 is 0. The van der Waals surface area contributed by atoms with Crippen molar-refractivity contribution < 1.29 is 9.90 Å². The van der Waals surface area contributed by atoms with Crippen LogP contribution in [0.25, 0.3) is 0 Å². The Morgan fingerprint density at radius 1 is 0.850 bits per heavy atom. The molecule has 6 heteroatoms. The summed E-state index contributed by atoms with van der Waals surface area (Å²) in [6, 6.07) is 0. The van der Waals surface area contributed by atoms with Crippen molar-refractivity contribution in [2.75, 3.05) is 39.3 Å². The molecule has 0 bridgehead atoms. The minimum atomic E-state index is -0.0521. The lowest BCUT2D eigenvalue weighted by molar-refractivity contribution is -0.129. The predicted octanol–water partition coefficient (Wildman–Crippen LogP) is 5.24. The Hall–Kier alpha value is -0.690. The summed E-state index contributed by atoms with van der Waals surface area (Å²) in [6.45, 7) is 13.3. The molecule has 1 amide bonds. The number of carbonyl (C=O) groups is 1. The molecule has 0 aromatic heterocycles. The number of aliphatic hydroxyl groups is 1. The summed E-state index contributed by atoms with van der Waals surface area (Å²) in [6.07, 6.45) is 17.7. The maximum atomic E-state index is 12.6. The Kier molecular flexibility index (Phi) is 12.2. The van der Waals surface area contributed by atoms with Crippen molar-refractivity contribution in [3.8, 4) is 0 Å². The molecule has 6 N–H and O–H groups in total. The monoisotopic (exact) mass is 561 g/mol. The van der Waals surface area contributed by atoms with Crippen molar-refractivity contribution in [1.82, 2.24) is 16.0 Å². The summed E-state index contributed by atoms with van der Waals surface area (Å²) in [5, 5.41) is 20.4. The molecule has 4 rings (SSSR count). The fourth-order valence-corrected chi connectivity index (χ4v) is 10.3. The molecule has 9 atom stereocenters. The molecule has 4 aliphatic carbocycles. The largest absolute Gasteiger partial charge is 0.393 e. The molecule has 0 heterocycles. The molecule has 232 valence electrons. The van der Waals surface area contributed by atoms with E-state index in [-0.39, 0.29) is 12.0 Å². The lowest BCUT2D eigenvalue weighted by atomic mass is 9.44. The van der Waals surface area contributed by atoms with E-state index in [9.17, 15) is 9.90 Å². The Morgan fingerprint density at radius 2 is 1.52 bits per heavy atom. The molecule has 1 unspecified atom stereocenters. The van der Waals surface area contributed by atoms with Gasteiger partial charge in [0.15, 0.2) is 0 Å². The smallest absolute Gasteiger partial charge is 0.220 e. The van der Waals surface area contributed by atoms with Crippen molar-refractivity contribution in [2.24, 2.45) is 52.1 Å². The SMILES string of the molecule is C[C@H](CCC(=O)NCCCNCCCCNCCCN)[C@H]1CC[C@H]2[C@@H]3CCC4C[C@H](O)CC[C@]4(C)[C@H]3CC[C@]12C. The number of hydrogen-bond donors (Lipinski definition) is 5. The topological polar surface area (TPSA) is 99.4 Å². The van der Waals surface area contributed by atoms with Gasteiger partial charge in [0.2, 0.25) is 5.91 Å². The van der Waals surface area contributed by atoms with Gasteiger partial charge >= 0.3 is 0 Å². The highest BCUT2D eigenvalue weighted by Crippen LogP contribution is 2.68. The lowest BCUT2D eigenvalue weighted by Gasteiger charge is -2.61. The highest BCUT2D eigenvalue weighted by molar-refractivity contribution is 5.75. The normalized spacial score (nSPS) is 37.8. The van der Waals surface area contributed by atoms with Crippen molar-refractivity contribution in [3.05, 3.63) is 0 Å². The number of aliphatic hydroxyl groups excluding tert-OH is 1. The van der Waals surface area contributed by atoms with E-state index in [1.807, 2.05) is 0 Å². The summed E-state index contributed by atoms with van der Waals surface area (Å²) in [4.78, 5) is 12.6. The third kappa shape index (κ3) is 7.63. The average Bonchev–Trinajstić information content (AvgIpc) is 3.30. The zero-order chi connectivity index (χ0) is 28.6. The van der Waals surface area contributed by atoms with Crippen LogP contribution in [-0.4, -0.2) is 56.4 Å². The first-order valence-corrected chi connectivity index (χ1v) is 17.4. The van der Waals surface area contributed by atoms with Gasteiger partial charge in [-0.25, -0.2) is 0 Å². The zero-order valence-corrected chi connectivity index (χ0v) is 26.3. The molecule has 0 aromatic rings. The maximum Gasteiger partial charge on any atom is 0.220 e. The first-order chi connectivity index (χ1) is 19.3. The fraction of sp³-hybridized carbons (Fsp3) is 0.971. The van der Waals surface area contributed by atoms with Crippen molar-refractivity contribution in [3.63, 3.8) is 0 Å². The quantitative estimate of drug-likeness (QED) is 0.166. The number of carbonyl (C=O) groups excluding carboxylic acids is 1. The van der Waals surface area contributed by atoms with Crippen LogP contribution in [0, 0.1) is 46.3 Å². The van der Waals surface area contributed by atoms with Crippen LogP contribution in [0.4, 0.5) is 0 Å². The van der Waals surface area contributed by atoms with Crippen molar-refractivity contribution in [2.45, 2.75) is 123 Å². The van der Waals surface area contributed by atoms with E-state index >= 15 is 0 Å². The van der Waals surface area contributed by atoms with Crippen LogP contribution in [0.5, 0.6) is 0 Å². The molecule has 0 radical (unpaired) electrons. The van der Waals surface area contributed by atoms with Crippen LogP contribution in [-0.2, 0) is 4.79 Å². The minimum Gasteiger partial charge on any atom is -0.393 e. The van der Waals surface area contributed by atoms with Gasteiger partial charge in [-0.3, -0.25) is 4.79 Å². The van der Waals surface area contributed by atoms with Crippen LogP contribution in [0.3, 0.4) is 0 Å². The Morgan fingerprint density at radius 3 is 2.27 bits per heavy atom. The Bertz CT molecular complexity index is 779. The maximum absolute atomic E-state index is 12.6. The third-order valence-electron chi connectivity index (χ3n) is 12.6. The van der Waals surface area contributed by atoms with Crippen molar-refractivity contribution >= 4 is 5.91 Å². The fourth-order valence-electron chi connectivity index (χ4n) is 10.3. The number of nitrogens with one attached hydrogen (secondary N) is 3. The van der Waals surface area contributed by atoms with E-state index in [0.29, 0.717) is 23.2 Å². The van der Waals surface area contributed by atoms with E-state index in [0.717, 1.165) is 101 Å². The zero-order valence-electron chi connectivity index (χ0n) is 26.3.